The van der Waals surface area contributed by atoms with E-state index in [1.165, 1.54) is 0 Å². The van der Waals surface area contributed by atoms with Crippen LogP contribution in [0.15, 0.2) is 45.9 Å². The van der Waals surface area contributed by atoms with E-state index in [0.29, 0.717) is 12.3 Å². The highest BCUT2D eigenvalue weighted by Gasteiger charge is 2.02. The van der Waals surface area contributed by atoms with Crippen molar-refractivity contribution in [2.75, 3.05) is 18.1 Å². The van der Waals surface area contributed by atoms with Crippen molar-refractivity contribution >= 4 is 17.4 Å². The van der Waals surface area contributed by atoms with E-state index in [1.54, 1.807) is 18.0 Å². The highest BCUT2D eigenvalue weighted by atomic mass is 32.2. The van der Waals surface area contributed by atoms with Gasteiger partial charge in [-0.1, -0.05) is 12.1 Å². The molecule has 2 N–H and O–H groups in total. The zero-order valence-electron chi connectivity index (χ0n) is 9.68. The molecular formula is C13H15NO2S. The van der Waals surface area contributed by atoms with Crippen molar-refractivity contribution < 1.29 is 9.15 Å². The number of nitrogen functional groups attached to an aromatic ring is 1. The topological polar surface area (TPSA) is 48.4 Å². The minimum Gasteiger partial charge on any atom is -0.491 e. The lowest BCUT2D eigenvalue weighted by Crippen LogP contribution is -2.02. The summed E-state index contributed by atoms with van der Waals surface area (Å²) in [6, 6.07) is 9.49. The molecular weight excluding hydrogens is 234 g/mol. The van der Waals surface area contributed by atoms with Gasteiger partial charge in [0.15, 0.2) is 0 Å². The van der Waals surface area contributed by atoms with Crippen molar-refractivity contribution in [2.24, 2.45) is 0 Å². The lowest BCUT2D eigenvalue weighted by Gasteiger charge is -2.07. The fourth-order valence-electron chi connectivity index (χ4n) is 1.44. The van der Waals surface area contributed by atoms with Crippen molar-refractivity contribution in [2.45, 2.75) is 11.8 Å². The van der Waals surface area contributed by atoms with Crippen LogP contribution in [0.5, 0.6) is 5.75 Å². The molecule has 17 heavy (non-hydrogen) atoms. The summed E-state index contributed by atoms with van der Waals surface area (Å²) in [5.74, 6) is 2.57. The van der Waals surface area contributed by atoms with Crippen LogP contribution in [0.1, 0.15) is 5.76 Å². The Bertz CT molecular complexity index is 482. The minimum atomic E-state index is 0.628. The summed E-state index contributed by atoms with van der Waals surface area (Å²) in [7, 11) is 0. The predicted octanol–water partition coefficient (Wildman–Crippen LogP) is 3.34. The summed E-state index contributed by atoms with van der Waals surface area (Å²) in [4.78, 5) is 1.16. The molecule has 0 unspecified atom stereocenters. The Balaban J connectivity index is 1.77. The van der Waals surface area contributed by atoms with Gasteiger partial charge in [0.25, 0.3) is 0 Å². The average molecular weight is 249 g/mol. The normalized spacial score (nSPS) is 10.4. The molecule has 0 fully saturated rings. The molecule has 3 nitrogen and oxygen atoms in total. The molecule has 0 aliphatic rings. The Morgan fingerprint density at radius 2 is 2.12 bits per heavy atom. The smallest absolute Gasteiger partial charge is 0.142 e. The zero-order valence-corrected chi connectivity index (χ0v) is 10.5. The number of anilines is 1. The molecule has 90 valence electrons. The van der Waals surface area contributed by atoms with Gasteiger partial charge in [0.05, 0.1) is 18.6 Å². The number of benzene rings is 1. The number of nitrogens with two attached hydrogens (primary N) is 1. The number of thioether (sulfide) groups is 1. The van der Waals surface area contributed by atoms with Crippen LogP contribution in [0, 0.1) is 6.92 Å². The van der Waals surface area contributed by atoms with E-state index in [0.717, 1.165) is 22.2 Å². The van der Waals surface area contributed by atoms with E-state index in [1.807, 2.05) is 37.3 Å². The van der Waals surface area contributed by atoms with Gasteiger partial charge in [-0.3, -0.25) is 0 Å². The molecule has 0 bridgehead atoms. The van der Waals surface area contributed by atoms with Crippen LogP contribution >= 0.6 is 11.8 Å². The van der Waals surface area contributed by atoms with Crippen LogP contribution in [0.2, 0.25) is 0 Å². The molecule has 2 rings (SSSR count). The van der Waals surface area contributed by atoms with Gasteiger partial charge in [0.1, 0.15) is 11.5 Å². The maximum absolute atomic E-state index is 5.77. The van der Waals surface area contributed by atoms with Crippen molar-refractivity contribution in [3.8, 4) is 5.75 Å². The van der Waals surface area contributed by atoms with Gasteiger partial charge in [-0.05, 0) is 25.1 Å². The first-order valence-corrected chi connectivity index (χ1v) is 6.40. The van der Waals surface area contributed by atoms with Gasteiger partial charge < -0.3 is 14.9 Å². The monoisotopic (exact) mass is 249 g/mol. The minimum absolute atomic E-state index is 0.628. The Morgan fingerprint density at radius 3 is 2.82 bits per heavy atom. The largest absolute Gasteiger partial charge is 0.491 e. The maximum atomic E-state index is 5.77. The molecule has 0 saturated heterocycles. The third kappa shape index (κ3) is 3.20. The van der Waals surface area contributed by atoms with E-state index in [-0.39, 0.29) is 0 Å². The first-order chi connectivity index (χ1) is 8.27. The second-order valence-corrected chi connectivity index (χ2v) is 4.71. The predicted molar refractivity (Wildman–Crippen MR) is 70.5 cm³/mol. The van der Waals surface area contributed by atoms with E-state index in [9.17, 15) is 0 Å². The lowest BCUT2D eigenvalue weighted by molar-refractivity contribution is 0.346. The molecule has 2 aromatic rings. The highest BCUT2D eigenvalue weighted by Crippen LogP contribution is 2.24. The van der Waals surface area contributed by atoms with E-state index >= 15 is 0 Å². The summed E-state index contributed by atoms with van der Waals surface area (Å²) in [6.45, 7) is 2.59. The fourth-order valence-corrected chi connectivity index (χ4v) is 2.23. The third-order valence-electron chi connectivity index (χ3n) is 2.33. The van der Waals surface area contributed by atoms with E-state index < -0.39 is 0 Å². The fraction of sp³-hybridized carbons (Fsp3) is 0.231. The second kappa shape index (κ2) is 5.68. The molecule has 0 saturated carbocycles. The van der Waals surface area contributed by atoms with Crippen molar-refractivity contribution in [1.82, 2.24) is 0 Å². The Hall–Kier alpha value is -1.55. The highest BCUT2D eigenvalue weighted by molar-refractivity contribution is 7.99. The van der Waals surface area contributed by atoms with Crippen molar-refractivity contribution in [3.63, 3.8) is 0 Å². The van der Waals surface area contributed by atoms with Gasteiger partial charge >= 0.3 is 0 Å². The van der Waals surface area contributed by atoms with Crippen molar-refractivity contribution in [1.29, 1.82) is 0 Å². The lowest BCUT2D eigenvalue weighted by atomic mass is 10.3. The van der Waals surface area contributed by atoms with Gasteiger partial charge in [0.2, 0.25) is 0 Å². The quantitative estimate of drug-likeness (QED) is 0.501. The molecule has 0 aliphatic heterocycles. The summed E-state index contributed by atoms with van der Waals surface area (Å²) in [5, 5.41) is 0. The van der Waals surface area contributed by atoms with E-state index in [2.05, 4.69) is 0 Å². The molecule has 1 aromatic heterocycles. The molecule has 1 heterocycles. The molecule has 4 heteroatoms. The van der Waals surface area contributed by atoms with Crippen molar-refractivity contribution in [3.05, 3.63) is 42.4 Å². The molecule has 0 amide bonds. The SMILES string of the molecule is Cc1occc1SCCOc1ccccc1N. The van der Waals surface area contributed by atoms with Gasteiger partial charge in [0, 0.05) is 10.6 Å². The second-order valence-electron chi connectivity index (χ2n) is 3.58. The van der Waals surface area contributed by atoms with Crippen LogP contribution in [0.3, 0.4) is 0 Å². The number of furan rings is 1. The Kier molecular flexibility index (Phi) is 3.98. The third-order valence-corrected chi connectivity index (χ3v) is 3.43. The zero-order chi connectivity index (χ0) is 12.1. The molecule has 0 aliphatic carbocycles. The summed E-state index contributed by atoms with van der Waals surface area (Å²) in [6.07, 6.45) is 1.70. The van der Waals surface area contributed by atoms with Crippen LogP contribution in [-0.2, 0) is 0 Å². The van der Waals surface area contributed by atoms with Crippen LogP contribution in [0.4, 0.5) is 5.69 Å². The maximum Gasteiger partial charge on any atom is 0.142 e. The number of aryl methyl sites for hydroxylation is 1. The summed E-state index contributed by atoms with van der Waals surface area (Å²) < 4.78 is 10.8. The molecule has 0 spiro atoms. The molecule has 0 atom stereocenters. The molecule has 0 radical (unpaired) electrons. The Morgan fingerprint density at radius 1 is 1.29 bits per heavy atom. The first-order valence-electron chi connectivity index (χ1n) is 5.41. The Labute approximate surface area is 105 Å². The van der Waals surface area contributed by atoms with Gasteiger partial charge in [-0.25, -0.2) is 0 Å². The number of para-hydroxylation sites is 2. The number of ether oxygens (including phenoxy) is 1. The molecule has 1 aromatic carbocycles. The van der Waals surface area contributed by atoms with E-state index in [4.69, 9.17) is 14.9 Å². The van der Waals surface area contributed by atoms with Crippen LogP contribution in [-0.4, -0.2) is 12.4 Å². The van der Waals surface area contributed by atoms with Crippen LogP contribution < -0.4 is 10.5 Å². The standard InChI is InChI=1S/C13H15NO2S/c1-10-13(6-7-15-10)17-9-8-16-12-5-3-2-4-11(12)14/h2-7H,8-9,14H2,1H3. The number of hydrogen-bond acceptors (Lipinski definition) is 4. The number of hydrogen-bond donors (Lipinski definition) is 1. The van der Waals surface area contributed by atoms with Gasteiger partial charge in [-0.2, -0.15) is 0 Å². The van der Waals surface area contributed by atoms with Gasteiger partial charge in [-0.15, -0.1) is 11.8 Å². The summed E-state index contributed by atoms with van der Waals surface area (Å²) >= 11 is 1.72. The first kappa shape index (κ1) is 11.9. The number of rotatable bonds is 5. The van der Waals surface area contributed by atoms with Crippen LogP contribution in [0.25, 0.3) is 0 Å². The summed E-state index contributed by atoms with van der Waals surface area (Å²) in [5.41, 5.74) is 6.45. The average Bonchev–Trinajstić information content (AvgIpc) is 2.73.